The zero-order valence-electron chi connectivity index (χ0n) is 9.88. The zero-order valence-corrected chi connectivity index (χ0v) is 9.88. The second-order valence-electron chi connectivity index (χ2n) is 5.14. The number of hydrogen-bond acceptors (Lipinski definition) is 4. The molecule has 0 aromatic carbocycles. The summed E-state index contributed by atoms with van der Waals surface area (Å²) in [4.78, 5) is 23.7. The van der Waals surface area contributed by atoms with Gasteiger partial charge in [-0.05, 0) is 31.1 Å². The van der Waals surface area contributed by atoms with Crippen LogP contribution in [0.5, 0.6) is 0 Å². The molecule has 2 rings (SSSR count). The van der Waals surface area contributed by atoms with Crippen molar-refractivity contribution in [3.63, 3.8) is 0 Å². The average molecular weight is 226 g/mol. The molecular formula is C12H18O4. The fourth-order valence-corrected chi connectivity index (χ4v) is 3.18. The number of ether oxygens (including phenoxy) is 2. The summed E-state index contributed by atoms with van der Waals surface area (Å²) in [6, 6.07) is 0. The molecule has 0 N–H and O–H groups in total. The van der Waals surface area contributed by atoms with Crippen LogP contribution in [0.25, 0.3) is 0 Å². The number of methoxy groups -OCH3 is 2. The lowest BCUT2D eigenvalue weighted by atomic mass is 9.44. The van der Waals surface area contributed by atoms with Crippen molar-refractivity contribution < 1.29 is 19.1 Å². The van der Waals surface area contributed by atoms with Crippen molar-refractivity contribution in [2.75, 3.05) is 20.8 Å². The van der Waals surface area contributed by atoms with Gasteiger partial charge in [-0.2, -0.15) is 0 Å². The first-order valence-corrected chi connectivity index (χ1v) is 5.69. The van der Waals surface area contributed by atoms with Gasteiger partial charge in [0.15, 0.2) is 5.78 Å². The molecule has 0 saturated heterocycles. The van der Waals surface area contributed by atoms with Crippen LogP contribution in [-0.2, 0) is 19.1 Å². The summed E-state index contributed by atoms with van der Waals surface area (Å²) in [5, 5.41) is 0. The monoisotopic (exact) mass is 226 g/mol. The van der Waals surface area contributed by atoms with Crippen molar-refractivity contribution in [3.8, 4) is 0 Å². The maximum atomic E-state index is 11.9. The summed E-state index contributed by atoms with van der Waals surface area (Å²) in [5.74, 6) is -0.508. The van der Waals surface area contributed by atoms with Gasteiger partial charge in [-0.15, -0.1) is 0 Å². The van der Waals surface area contributed by atoms with Gasteiger partial charge in [0, 0.05) is 7.11 Å². The molecule has 2 aliphatic rings. The van der Waals surface area contributed by atoms with E-state index in [0.717, 1.165) is 12.8 Å². The maximum absolute atomic E-state index is 11.9. The Bertz CT molecular complexity index is 309. The first kappa shape index (κ1) is 11.6. The van der Waals surface area contributed by atoms with Crippen molar-refractivity contribution in [1.29, 1.82) is 0 Å². The molecule has 0 radical (unpaired) electrons. The Kier molecular flexibility index (Phi) is 2.78. The molecule has 2 saturated carbocycles. The van der Waals surface area contributed by atoms with E-state index in [0.29, 0.717) is 12.8 Å². The molecule has 4 heteroatoms. The number of ketones is 1. The highest BCUT2D eigenvalue weighted by Gasteiger charge is 2.64. The smallest absolute Gasteiger partial charge is 0.319 e. The third kappa shape index (κ3) is 1.47. The Hall–Kier alpha value is -0.900. The second kappa shape index (κ2) is 3.84. The lowest BCUT2D eigenvalue weighted by molar-refractivity contribution is -0.184. The van der Waals surface area contributed by atoms with Crippen LogP contribution in [-0.4, -0.2) is 32.6 Å². The summed E-state index contributed by atoms with van der Waals surface area (Å²) in [7, 11) is 2.82. The van der Waals surface area contributed by atoms with Gasteiger partial charge in [0.25, 0.3) is 0 Å². The summed E-state index contributed by atoms with van der Waals surface area (Å²) < 4.78 is 9.61. The average Bonchev–Trinajstić information content (AvgIpc) is 2.14. The van der Waals surface area contributed by atoms with Gasteiger partial charge in [0.1, 0.15) is 12.0 Å². The number of Topliss-reactive ketones (excluding diaryl/α,β-unsaturated/α-hetero) is 1. The van der Waals surface area contributed by atoms with E-state index in [1.807, 2.05) is 0 Å². The molecule has 0 aromatic heterocycles. The topological polar surface area (TPSA) is 52.6 Å². The van der Waals surface area contributed by atoms with E-state index in [4.69, 9.17) is 9.47 Å². The van der Waals surface area contributed by atoms with Gasteiger partial charge in [-0.1, -0.05) is 6.42 Å². The highest BCUT2D eigenvalue weighted by atomic mass is 16.5. The van der Waals surface area contributed by atoms with Crippen molar-refractivity contribution in [2.24, 2.45) is 10.8 Å². The summed E-state index contributed by atoms with van der Waals surface area (Å²) in [6.45, 7) is 0.00514. The molecule has 16 heavy (non-hydrogen) atoms. The van der Waals surface area contributed by atoms with Gasteiger partial charge in [-0.25, -0.2) is 0 Å². The summed E-state index contributed by atoms with van der Waals surface area (Å²) in [6.07, 6.45) is 4.83. The minimum Gasteiger partial charge on any atom is -0.468 e. The van der Waals surface area contributed by atoms with Gasteiger partial charge in [0.05, 0.1) is 7.11 Å². The van der Waals surface area contributed by atoms with Crippen molar-refractivity contribution in [2.45, 2.75) is 32.1 Å². The molecule has 0 amide bonds. The minimum atomic E-state index is -0.898. The Balaban J connectivity index is 2.10. The molecule has 0 aliphatic heterocycles. The quantitative estimate of drug-likeness (QED) is 0.536. The number of hydrogen-bond donors (Lipinski definition) is 0. The molecule has 2 fully saturated rings. The first-order valence-electron chi connectivity index (χ1n) is 5.69. The molecule has 2 aliphatic carbocycles. The Morgan fingerprint density at radius 3 is 2.19 bits per heavy atom. The molecule has 0 atom stereocenters. The van der Waals surface area contributed by atoms with Crippen LogP contribution in [0.3, 0.4) is 0 Å². The third-order valence-electron chi connectivity index (χ3n) is 4.15. The van der Waals surface area contributed by atoms with E-state index < -0.39 is 5.41 Å². The highest BCUT2D eigenvalue weighted by Crippen LogP contribution is 2.65. The van der Waals surface area contributed by atoms with Crippen LogP contribution in [0.15, 0.2) is 0 Å². The van der Waals surface area contributed by atoms with E-state index in [9.17, 15) is 9.59 Å². The molecule has 90 valence electrons. The lowest BCUT2D eigenvalue weighted by Crippen LogP contribution is -2.59. The van der Waals surface area contributed by atoms with Crippen LogP contribution >= 0.6 is 0 Å². The van der Waals surface area contributed by atoms with Gasteiger partial charge < -0.3 is 9.47 Å². The van der Waals surface area contributed by atoms with E-state index in [1.165, 1.54) is 20.6 Å². The molecule has 0 bridgehead atoms. The molecule has 0 heterocycles. The van der Waals surface area contributed by atoms with E-state index in [-0.39, 0.29) is 23.8 Å². The van der Waals surface area contributed by atoms with Gasteiger partial charge in [-0.3, -0.25) is 9.59 Å². The molecule has 0 unspecified atom stereocenters. The van der Waals surface area contributed by atoms with E-state index >= 15 is 0 Å². The van der Waals surface area contributed by atoms with Gasteiger partial charge >= 0.3 is 5.97 Å². The standard InChI is InChI=1S/C12H18O4/c1-15-6-9(13)12(10(14)16-2)7-11(8-12)4-3-5-11/h3-8H2,1-2H3. The number of esters is 1. The fraction of sp³-hybridized carbons (Fsp3) is 0.833. The molecular weight excluding hydrogens is 208 g/mol. The maximum Gasteiger partial charge on any atom is 0.319 e. The summed E-state index contributed by atoms with van der Waals surface area (Å²) in [5.41, 5.74) is -0.636. The number of carbonyl (C=O) groups excluding carboxylic acids is 2. The van der Waals surface area contributed by atoms with Crippen LogP contribution in [0.2, 0.25) is 0 Å². The van der Waals surface area contributed by atoms with E-state index in [2.05, 4.69) is 0 Å². The SMILES string of the molecule is COCC(=O)C1(C(=O)OC)CC2(CCC2)C1. The lowest BCUT2D eigenvalue weighted by Gasteiger charge is -2.58. The highest BCUT2D eigenvalue weighted by molar-refractivity contribution is 6.05. The van der Waals surface area contributed by atoms with Gasteiger partial charge in [0.2, 0.25) is 0 Å². The fourth-order valence-electron chi connectivity index (χ4n) is 3.18. The normalized spacial score (nSPS) is 24.4. The zero-order chi connectivity index (χ0) is 11.8. The second-order valence-corrected chi connectivity index (χ2v) is 5.14. The number of carbonyl (C=O) groups is 2. The number of rotatable bonds is 4. The first-order chi connectivity index (χ1) is 7.58. The van der Waals surface area contributed by atoms with Crippen molar-refractivity contribution >= 4 is 11.8 Å². The van der Waals surface area contributed by atoms with Crippen LogP contribution in [0, 0.1) is 10.8 Å². The molecule has 4 nitrogen and oxygen atoms in total. The summed E-state index contributed by atoms with van der Waals surface area (Å²) >= 11 is 0. The van der Waals surface area contributed by atoms with Crippen LogP contribution < -0.4 is 0 Å². The largest absolute Gasteiger partial charge is 0.468 e. The third-order valence-corrected chi connectivity index (χ3v) is 4.15. The Morgan fingerprint density at radius 2 is 1.81 bits per heavy atom. The van der Waals surface area contributed by atoms with Crippen LogP contribution in [0.1, 0.15) is 32.1 Å². The van der Waals surface area contributed by atoms with Crippen molar-refractivity contribution in [3.05, 3.63) is 0 Å². The Labute approximate surface area is 95.3 Å². The van der Waals surface area contributed by atoms with Crippen molar-refractivity contribution in [1.82, 2.24) is 0 Å². The van der Waals surface area contributed by atoms with Crippen LogP contribution in [0.4, 0.5) is 0 Å². The Morgan fingerprint density at radius 1 is 1.19 bits per heavy atom. The minimum absolute atomic E-state index is 0.00514. The molecule has 0 aromatic rings. The predicted octanol–water partition coefficient (Wildman–Crippen LogP) is 1.33. The van der Waals surface area contributed by atoms with E-state index in [1.54, 1.807) is 0 Å². The predicted molar refractivity (Wildman–Crippen MR) is 56.9 cm³/mol. The molecule has 1 spiro atoms.